The van der Waals surface area contributed by atoms with E-state index in [0.29, 0.717) is 25.6 Å². The van der Waals surface area contributed by atoms with Gasteiger partial charge in [0.1, 0.15) is 6.61 Å². The molecular weight excluding hydrogens is 356 g/mol. The number of pyridine rings is 1. The van der Waals surface area contributed by atoms with Crippen LogP contribution >= 0.6 is 27.5 Å². The summed E-state index contributed by atoms with van der Waals surface area (Å²) < 4.78 is 11.3. The lowest BCUT2D eigenvalue weighted by atomic mass is 10.2. The molecule has 0 radical (unpaired) electrons. The molecule has 1 heterocycles. The number of nitrogens with zero attached hydrogens (tertiary/aromatic N) is 1. The summed E-state index contributed by atoms with van der Waals surface area (Å²) in [4.78, 5) is 4.22. The van der Waals surface area contributed by atoms with E-state index in [9.17, 15) is 0 Å². The minimum Gasteiger partial charge on any atom is -0.475 e. The van der Waals surface area contributed by atoms with Crippen molar-refractivity contribution in [3.05, 3.63) is 51.6 Å². The SMILES string of the molecule is COCCOc1ccc(NCc2cc(Br)ccc2Cl)cn1. The molecule has 1 aromatic carbocycles. The first kappa shape index (κ1) is 16.1. The van der Waals surface area contributed by atoms with Gasteiger partial charge >= 0.3 is 0 Å². The van der Waals surface area contributed by atoms with Gasteiger partial charge in [-0.1, -0.05) is 27.5 Å². The molecule has 0 bridgehead atoms. The molecule has 0 saturated carbocycles. The molecular formula is C15H16BrClN2O2. The van der Waals surface area contributed by atoms with Gasteiger partial charge in [0.05, 0.1) is 18.5 Å². The first-order chi connectivity index (χ1) is 10.2. The average molecular weight is 372 g/mol. The van der Waals surface area contributed by atoms with Crippen molar-refractivity contribution in [2.75, 3.05) is 25.6 Å². The lowest BCUT2D eigenvalue weighted by Gasteiger charge is -2.09. The van der Waals surface area contributed by atoms with Crippen LogP contribution in [0.25, 0.3) is 0 Å². The van der Waals surface area contributed by atoms with Crippen molar-refractivity contribution < 1.29 is 9.47 Å². The third kappa shape index (κ3) is 5.19. The van der Waals surface area contributed by atoms with E-state index in [0.717, 1.165) is 20.7 Å². The summed E-state index contributed by atoms with van der Waals surface area (Å²) in [6, 6.07) is 9.51. The molecule has 0 unspecified atom stereocenters. The van der Waals surface area contributed by atoms with Gasteiger partial charge in [-0.15, -0.1) is 0 Å². The normalized spacial score (nSPS) is 10.4. The molecule has 112 valence electrons. The fourth-order valence-corrected chi connectivity index (χ4v) is 2.27. The number of ether oxygens (including phenoxy) is 2. The second-order valence-electron chi connectivity index (χ2n) is 4.32. The molecule has 0 aliphatic rings. The van der Waals surface area contributed by atoms with E-state index < -0.39 is 0 Å². The van der Waals surface area contributed by atoms with Crippen molar-refractivity contribution in [1.29, 1.82) is 0 Å². The van der Waals surface area contributed by atoms with Gasteiger partial charge in [0, 0.05) is 29.2 Å². The Kier molecular flexibility index (Phi) is 6.29. The summed E-state index contributed by atoms with van der Waals surface area (Å²) in [5.41, 5.74) is 1.93. The number of benzene rings is 1. The number of hydrogen-bond donors (Lipinski definition) is 1. The number of anilines is 1. The molecule has 0 aliphatic heterocycles. The van der Waals surface area contributed by atoms with E-state index in [4.69, 9.17) is 21.1 Å². The fraction of sp³-hybridized carbons (Fsp3) is 0.267. The second-order valence-corrected chi connectivity index (χ2v) is 5.64. The Bertz CT molecular complexity index is 578. The van der Waals surface area contributed by atoms with Crippen LogP contribution in [0.2, 0.25) is 5.02 Å². The number of rotatable bonds is 7. The molecule has 2 rings (SSSR count). The molecule has 2 aromatic rings. The smallest absolute Gasteiger partial charge is 0.213 e. The second kappa shape index (κ2) is 8.22. The zero-order valence-corrected chi connectivity index (χ0v) is 13.9. The zero-order chi connectivity index (χ0) is 15.1. The molecule has 4 nitrogen and oxygen atoms in total. The summed E-state index contributed by atoms with van der Waals surface area (Å²) >= 11 is 9.59. The van der Waals surface area contributed by atoms with Gasteiger partial charge in [-0.25, -0.2) is 4.98 Å². The van der Waals surface area contributed by atoms with Gasteiger partial charge in [-0.2, -0.15) is 0 Å². The topological polar surface area (TPSA) is 43.4 Å². The first-order valence-corrected chi connectivity index (χ1v) is 7.61. The molecule has 21 heavy (non-hydrogen) atoms. The highest BCUT2D eigenvalue weighted by molar-refractivity contribution is 9.10. The van der Waals surface area contributed by atoms with E-state index in [-0.39, 0.29) is 0 Å². The van der Waals surface area contributed by atoms with Crippen molar-refractivity contribution in [2.24, 2.45) is 0 Å². The van der Waals surface area contributed by atoms with Crippen LogP contribution in [0.3, 0.4) is 0 Å². The summed E-state index contributed by atoms with van der Waals surface area (Å²) in [6.45, 7) is 1.66. The van der Waals surface area contributed by atoms with Crippen LogP contribution in [0.15, 0.2) is 41.0 Å². The van der Waals surface area contributed by atoms with Crippen LogP contribution < -0.4 is 10.1 Å². The third-order valence-electron chi connectivity index (χ3n) is 2.76. The number of halogens is 2. The maximum absolute atomic E-state index is 6.15. The van der Waals surface area contributed by atoms with Crippen LogP contribution in [0, 0.1) is 0 Å². The van der Waals surface area contributed by atoms with Crippen molar-refractivity contribution in [2.45, 2.75) is 6.54 Å². The van der Waals surface area contributed by atoms with Crippen LogP contribution in [-0.4, -0.2) is 25.3 Å². The highest BCUT2D eigenvalue weighted by atomic mass is 79.9. The fourth-order valence-electron chi connectivity index (χ4n) is 1.68. The number of methoxy groups -OCH3 is 1. The Morgan fingerprint density at radius 1 is 1.24 bits per heavy atom. The Balaban J connectivity index is 1.90. The van der Waals surface area contributed by atoms with Gasteiger partial charge in [0.2, 0.25) is 5.88 Å². The predicted molar refractivity (Wildman–Crippen MR) is 88.1 cm³/mol. The maximum atomic E-state index is 6.15. The number of nitrogens with one attached hydrogen (secondary N) is 1. The number of aromatic nitrogens is 1. The molecule has 0 amide bonds. The minimum absolute atomic E-state index is 0.490. The average Bonchev–Trinajstić information content (AvgIpc) is 2.50. The highest BCUT2D eigenvalue weighted by Gasteiger charge is 2.02. The molecule has 0 atom stereocenters. The Morgan fingerprint density at radius 3 is 2.81 bits per heavy atom. The molecule has 0 aliphatic carbocycles. The van der Waals surface area contributed by atoms with Gasteiger partial charge in [0.25, 0.3) is 0 Å². The van der Waals surface area contributed by atoms with Crippen LogP contribution in [0.1, 0.15) is 5.56 Å². The van der Waals surface area contributed by atoms with E-state index in [2.05, 4.69) is 26.2 Å². The van der Waals surface area contributed by atoms with Gasteiger partial charge in [-0.3, -0.25) is 0 Å². The predicted octanol–water partition coefficient (Wildman–Crippen LogP) is 4.13. The van der Waals surface area contributed by atoms with E-state index in [1.54, 1.807) is 13.3 Å². The Labute approximate surface area is 137 Å². The lowest BCUT2D eigenvalue weighted by Crippen LogP contribution is -2.05. The lowest BCUT2D eigenvalue weighted by molar-refractivity contribution is 0.144. The molecule has 0 saturated heterocycles. The first-order valence-electron chi connectivity index (χ1n) is 6.44. The third-order valence-corrected chi connectivity index (χ3v) is 3.63. The van der Waals surface area contributed by atoms with Gasteiger partial charge < -0.3 is 14.8 Å². The van der Waals surface area contributed by atoms with Gasteiger partial charge in [-0.05, 0) is 29.8 Å². The molecule has 0 fully saturated rings. The largest absolute Gasteiger partial charge is 0.475 e. The summed E-state index contributed by atoms with van der Waals surface area (Å²) in [6.07, 6.45) is 1.73. The van der Waals surface area contributed by atoms with Crippen LogP contribution in [0.4, 0.5) is 5.69 Å². The Morgan fingerprint density at radius 2 is 2.10 bits per heavy atom. The van der Waals surface area contributed by atoms with E-state index in [1.165, 1.54) is 0 Å². The monoisotopic (exact) mass is 370 g/mol. The van der Waals surface area contributed by atoms with Crippen molar-refractivity contribution in [3.8, 4) is 5.88 Å². The van der Waals surface area contributed by atoms with Crippen molar-refractivity contribution in [3.63, 3.8) is 0 Å². The molecule has 0 spiro atoms. The maximum Gasteiger partial charge on any atom is 0.213 e. The molecule has 1 aromatic heterocycles. The standard InChI is InChI=1S/C15H16BrClN2O2/c1-20-6-7-21-15-5-3-13(10-19-15)18-9-11-8-12(16)2-4-14(11)17/h2-5,8,10,18H,6-7,9H2,1H3. The van der Waals surface area contributed by atoms with Crippen molar-refractivity contribution in [1.82, 2.24) is 4.98 Å². The van der Waals surface area contributed by atoms with Gasteiger partial charge in [0.15, 0.2) is 0 Å². The number of hydrogen-bond acceptors (Lipinski definition) is 4. The van der Waals surface area contributed by atoms with E-state index in [1.807, 2.05) is 30.3 Å². The van der Waals surface area contributed by atoms with Crippen LogP contribution in [0.5, 0.6) is 5.88 Å². The molecule has 1 N–H and O–H groups in total. The minimum atomic E-state index is 0.490. The van der Waals surface area contributed by atoms with Crippen molar-refractivity contribution >= 4 is 33.2 Å². The van der Waals surface area contributed by atoms with Crippen LogP contribution in [-0.2, 0) is 11.3 Å². The molecule has 6 heteroatoms. The zero-order valence-electron chi connectivity index (χ0n) is 11.6. The van der Waals surface area contributed by atoms with E-state index >= 15 is 0 Å². The summed E-state index contributed by atoms with van der Waals surface area (Å²) in [5, 5.41) is 4.01. The quantitative estimate of drug-likeness (QED) is 0.743. The summed E-state index contributed by atoms with van der Waals surface area (Å²) in [5.74, 6) is 0.582. The summed E-state index contributed by atoms with van der Waals surface area (Å²) in [7, 11) is 1.64. The highest BCUT2D eigenvalue weighted by Crippen LogP contribution is 2.22. The Hall–Kier alpha value is -1.30.